The molecule has 2 aromatic rings. The Morgan fingerprint density at radius 2 is 1.95 bits per heavy atom. The zero-order valence-corrected chi connectivity index (χ0v) is 12.1. The molecule has 1 heterocycles. The molecule has 106 valence electrons. The van der Waals surface area contributed by atoms with E-state index >= 15 is 0 Å². The Balaban J connectivity index is 2.07. The normalized spacial score (nSPS) is 10.8. The number of hydrogen-bond acceptors (Lipinski definition) is 5. The zero-order chi connectivity index (χ0) is 14.5. The molecule has 0 unspecified atom stereocenters. The summed E-state index contributed by atoms with van der Waals surface area (Å²) in [5.74, 6) is 2.14. The van der Waals surface area contributed by atoms with E-state index in [1.54, 1.807) is 13.2 Å². The molecule has 0 saturated heterocycles. The van der Waals surface area contributed by atoms with E-state index in [0.29, 0.717) is 12.4 Å². The number of rotatable bonds is 5. The van der Waals surface area contributed by atoms with E-state index in [2.05, 4.69) is 20.9 Å². The molecule has 0 fully saturated rings. The average Bonchev–Trinajstić information content (AvgIpc) is 2.37. The second-order valence-corrected chi connectivity index (χ2v) is 4.83. The van der Waals surface area contributed by atoms with Crippen molar-refractivity contribution in [1.29, 1.82) is 0 Å². The van der Waals surface area contributed by atoms with Crippen LogP contribution < -0.4 is 10.5 Å². The Kier molecular flexibility index (Phi) is 4.53. The summed E-state index contributed by atoms with van der Waals surface area (Å²) in [6, 6.07) is 9.76. The molecule has 0 atom stereocenters. The molecule has 0 spiro atoms. The smallest absolute Gasteiger partial charge is 0.144 e. The van der Waals surface area contributed by atoms with Gasteiger partial charge in [-0.05, 0) is 20.0 Å². The minimum atomic E-state index is 0.512. The van der Waals surface area contributed by atoms with Gasteiger partial charge in [0.1, 0.15) is 17.4 Å². The third kappa shape index (κ3) is 3.68. The maximum absolute atomic E-state index is 5.74. The van der Waals surface area contributed by atoms with E-state index in [9.17, 15) is 0 Å². The lowest BCUT2D eigenvalue weighted by atomic mass is 10.2. The maximum atomic E-state index is 5.74. The molecular weight excluding hydrogens is 252 g/mol. The highest BCUT2D eigenvalue weighted by molar-refractivity contribution is 5.33. The van der Waals surface area contributed by atoms with Crippen LogP contribution in [0.1, 0.15) is 17.1 Å². The fourth-order valence-corrected chi connectivity index (χ4v) is 2.15. The van der Waals surface area contributed by atoms with Crippen LogP contribution in [0.2, 0.25) is 0 Å². The van der Waals surface area contributed by atoms with Gasteiger partial charge in [-0.2, -0.15) is 0 Å². The number of hydrogen-bond donors (Lipinski definition) is 1. The van der Waals surface area contributed by atoms with Gasteiger partial charge in [0.25, 0.3) is 0 Å². The molecule has 2 N–H and O–H groups in total. The number of para-hydroxylation sites is 1. The highest BCUT2D eigenvalue weighted by atomic mass is 16.5. The number of nitrogen functional groups attached to an aromatic ring is 1. The summed E-state index contributed by atoms with van der Waals surface area (Å²) >= 11 is 0. The molecule has 0 aliphatic carbocycles. The fraction of sp³-hybridized carbons (Fsp3) is 0.333. The summed E-state index contributed by atoms with van der Waals surface area (Å²) in [7, 11) is 3.71. The topological polar surface area (TPSA) is 64.3 Å². The molecule has 5 nitrogen and oxygen atoms in total. The number of methoxy groups -OCH3 is 1. The first-order valence-electron chi connectivity index (χ1n) is 6.49. The van der Waals surface area contributed by atoms with Gasteiger partial charge in [-0.3, -0.25) is 4.90 Å². The van der Waals surface area contributed by atoms with Gasteiger partial charge in [-0.15, -0.1) is 0 Å². The van der Waals surface area contributed by atoms with Crippen molar-refractivity contribution >= 4 is 5.82 Å². The number of benzene rings is 1. The van der Waals surface area contributed by atoms with Crippen LogP contribution in [0.5, 0.6) is 5.75 Å². The first-order valence-corrected chi connectivity index (χ1v) is 6.49. The van der Waals surface area contributed by atoms with E-state index in [1.807, 2.05) is 32.2 Å². The van der Waals surface area contributed by atoms with Crippen molar-refractivity contribution in [3.05, 3.63) is 47.4 Å². The molecule has 1 aromatic carbocycles. The Labute approximate surface area is 119 Å². The van der Waals surface area contributed by atoms with Crippen LogP contribution in [-0.2, 0) is 13.1 Å². The quantitative estimate of drug-likeness (QED) is 0.902. The Morgan fingerprint density at radius 3 is 2.65 bits per heavy atom. The SMILES string of the molecule is COc1ccccc1CN(C)Cc1nc(C)cc(N)n1. The van der Waals surface area contributed by atoms with Crippen LogP contribution in [-0.4, -0.2) is 29.0 Å². The number of nitrogens with two attached hydrogens (primary N) is 1. The fourth-order valence-electron chi connectivity index (χ4n) is 2.15. The predicted octanol–water partition coefficient (Wildman–Crippen LogP) is 2.01. The number of aryl methyl sites for hydroxylation is 1. The van der Waals surface area contributed by atoms with E-state index in [1.165, 1.54) is 0 Å². The number of anilines is 1. The largest absolute Gasteiger partial charge is 0.496 e. The van der Waals surface area contributed by atoms with Gasteiger partial charge in [0.2, 0.25) is 0 Å². The molecule has 5 heteroatoms. The third-order valence-electron chi connectivity index (χ3n) is 2.96. The van der Waals surface area contributed by atoms with Crippen LogP contribution in [0.25, 0.3) is 0 Å². The zero-order valence-electron chi connectivity index (χ0n) is 12.1. The summed E-state index contributed by atoms with van der Waals surface area (Å²) in [5.41, 5.74) is 7.77. The van der Waals surface area contributed by atoms with Crippen LogP contribution in [0, 0.1) is 6.92 Å². The third-order valence-corrected chi connectivity index (χ3v) is 2.96. The number of aromatic nitrogens is 2. The second-order valence-electron chi connectivity index (χ2n) is 4.83. The van der Waals surface area contributed by atoms with Crippen LogP contribution in [0.15, 0.2) is 30.3 Å². The molecular formula is C15H20N4O. The van der Waals surface area contributed by atoms with Crippen molar-refractivity contribution in [3.8, 4) is 5.75 Å². The summed E-state index contributed by atoms with van der Waals surface area (Å²) < 4.78 is 5.36. The van der Waals surface area contributed by atoms with E-state index < -0.39 is 0 Å². The molecule has 0 aliphatic rings. The van der Waals surface area contributed by atoms with E-state index in [-0.39, 0.29) is 0 Å². The van der Waals surface area contributed by atoms with Crippen molar-refractivity contribution in [3.63, 3.8) is 0 Å². The lowest BCUT2D eigenvalue weighted by molar-refractivity contribution is 0.302. The second kappa shape index (κ2) is 6.34. The van der Waals surface area contributed by atoms with E-state index in [4.69, 9.17) is 10.5 Å². The predicted molar refractivity (Wildman–Crippen MR) is 79.3 cm³/mol. The molecule has 1 aromatic heterocycles. The van der Waals surface area contributed by atoms with Crippen LogP contribution in [0.4, 0.5) is 5.82 Å². The summed E-state index contributed by atoms with van der Waals surface area (Å²) in [6.07, 6.45) is 0. The molecule has 0 bridgehead atoms. The van der Waals surface area contributed by atoms with Gasteiger partial charge in [0, 0.05) is 23.9 Å². The van der Waals surface area contributed by atoms with Crippen LogP contribution in [0.3, 0.4) is 0 Å². The van der Waals surface area contributed by atoms with Crippen molar-refractivity contribution in [2.24, 2.45) is 0 Å². The maximum Gasteiger partial charge on any atom is 0.144 e. The van der Waals surface area contributed by atoms with E-state index in [0.717, 1.165) is 29.4 Å². The average molecular weight is 272 g/mol. The minimum absolute atomic E-state index is 0.512. The summed E-state index contributed by atoms with van der Waals surface area (Å²) in [6.45, 7) is 3.33. The molecule has 0 amide bonds. The lowest BCUT2D eigenvalue weighted by Gasteiger charge is -2.17. The minimum Gasteiger partial charge on any atom is -0.496 e. The number of ether oxygens (including phenoxy) is 1. The first-order chi connectivity index (χ1) is 9.58. The Hall–Kier alpha value is -2.14. The molecule has 0 aliphatic heterocycles. The van der Waals surface area contributed by atoms with Gasteiger partial charge >= 0.3 is 0 Å². The van der Waals surface area contributed by atoms with Gasteiger partial charge < -0.3 is 10.5 Å². The van der Waals surface area contributed by atoms with Crippen molar-refractivity contribution in [1.82, 2.24) is 14.9 Å². The monoisotopic (exact) mass is 272 g/mol. The van der Waals surface area contributed by atoms with Gasteiger partial charge in [0.05, 0.1) is 13.7 Å². The van der Waals surface area contributed by atoms with Gasteiger partial charge in [-0.25, -0.2) is 9.97 Å². The first kappa shape index (κ1) is 14.3. The summed E-state index contributed by atoms with van der Waals surface area (Å²) in [4.78, 5) is 10.8. The van der Waals surface area contributed by atoms with Crippen molar-refractivity contribution < 1.29 is 4.74 Å². The highest BCUT2D eigenvalue weighted by Crippen LogP contribution is 2.19. The summed E-state index contributed by atoms with van der Waals surface area (Å²) in [5, 5.41) is 0. The standard InChI is InChI=1S/C15H20N4O/c1-11-8-14(16)18-15(17-11)10-19(2)9-12-6-4-5-7-13(12)20-3/h4-8H,9-10H2,1-3H3,(H2,16,17,18). The van der Waals surface area contributed by atoms with Gasteiger partial charge in [0.15, 0.2) is 0 Å². The lowest BCUT2D eigenvalue weighted by Crippen LogP contribution is -2.19. The van der Waals surface area contributed by atoms with Crippen LogP contribution >= 0.6 is 0 Å². The molecule has 0 saturated carbocycles. The molecule has 2 rings (SSSR count). The number of nitrogens with zero attached hydrogens (tertiary/aromatic N) is 3. The molecule has 0 radical (unpaired) electrons. The molecule has 20 heavy (non-hydrogen) atoms. The Morgan fingerprint density at radius 1 is 1.20 bits per heavy atom. The van der Waals surface area contributed by atoms with Crippen molar-refractivity contribution in [2.75, 3.05) is 19.9 Å². The van der Waals surface area contributed by atoms with Gasteiger partial charge in [-0.1, -0.05) is 18.2 Å². The van der Waals surface area contributed by atoms with Crippen molar-refractivity contribution in [2.45, 2.75) is 20.0 Å². The highest BCUT2D eigenvalue weighted by Gasteiger charge is 2.08. The Bertz CT molecular complexity index is 566.